The highest BCUT2D eigenvalue weighted by molar-refractivity contribution is 5.66. The highest BCUT2D eigenvalue weighted by atomic mass is 16.7. The van der Waals surface area contributed by atoms with Crippen molar-refractivity contribution in [2.24, 2.45) is 0 Å². The number of ether oxygens (including phenoxy) is 2. The Kier molecular flexibility index (Phi) is 6.08. The minimum absolute atomic E-state index is 0.129. The lowest BCUT2D eigenvalue weighted by Crippen LogP contribution is -2.16. The number of hydrogen-bond acceptors (Lipinski definition) is 2. The first-order valence-corrected chi connectivity index (χ1v) is 8.93. The predicted octanol–water partition coefficient (Wildman–Crippen LogP) is 6.07. The summed E-state index contributed by atoms with van der Waals surface area (Å²) in [5, 5.41) is 0. The van der Waals surface area contributed by atoms with Crippen molar-refractivity contribution in [1.29, 1.82) is 0 Å². The Morgan fingerprint density at radius 2 is 1.24 bits per heavy atom. The average molecular weight is 341 g/mol. The van der Waals surface area contributed by atoms with E-state index in [0.717, 1.165) is 5.56 Å². The maximum Gasteiger partial charge on any atom is 0.146 e. The van der Waals surface area contributed by atoms with E-state index in [4.69, 9.17) is 9.47 Å². The second-order valence-corrected chi connectivity index (χ2v) is 8.75. The molecule has 0 spiro atoms. The van der Waals surface area contributed by atoms with Gasteiger partial charge in [-0.3, -0.25) is 0 Å². The van der Waals surface area contributed by atoms with Crippen LogP contribution in [0.1, 0.15) is 58.2 Å². The summed E-state index contributed by atoms with van der Waals surface area (Å²) in [5.41, 5.74) is 6.69. The maximum atomic E-state index is 5.42. The fraction of sp³-hybridized carbons (Fsp3) is 0.478. The van der Waals surface area contributed by atoms with Crippen LogP contribution in [0.5, 0.6) is 0 Å². The van der Waals surface area contributed by atoms with Gasteiger partial charge in [0.2, 0.25) is 0 Å². The van der Waals surface area contributed by atoms with Crippen LogP contribution in [0.15, 0.2) is 42.5 Å². The van der Waals surface area contributed by atoms with Gasteiger partial charge in [-0.1, -0.05) is 84.0 Å². The summed E-state index contributed by atoms with van der Waals surface area (Å²) in [5.74, 6) is 0. The molecule has 0 aliphatic heterocycles. The van der Waals surface area contributed by atoms with E-state index < -0.39 is 0 Å². The number of methoxy groups -OCH3 is 1. The van der Waals surface area contributed by atoms with E-state index in [-0.39, 0.29) is 10.8 Å². The van der Waals surface area contributed by atoms with Crippen molar-refractivity contribution in [3.05, 3.63) is 59.2 Å². The molecule has 0 unspecified atom stereocenters. The van der Waals surface area contributed by atoms with Gasteiger partial charge in [0, 0.05) is 7.11 Å². The van der Waals surface area contributed by atoms with Gasteiger partial charge in [0.25, 0.3) is 0 Å². The van der Waals surface area contributed by atoms with Crippen molar-refractivity contribution in [2.45, 2.75) is 59.0 Å². The lowest BCUT2D eigenvalue weighted by molar-refractivity contribution is -0.0390. The monoisotopic (exact) mass is 340 g/mol. The summed E-state index contributed by atoms with van der Waals surface area (Å²) in [6, 6.07) is 15.6. The molecule has 0 amide bonds. The summed E-state index contributed by atoms with van der Waals surface area (Å²) in [7, 11) is 1.64. The zero-order valence-electron chi connectivity index (χ0n) is 16.8. The van der Waals surface area contributed by atoms with E-state index in [1.165, 1.54) is 22.3 Å². The number of benzene rings is 2. The van der Waals surface area contributed by atoms with Crippen LogP contribution in [0.2, 0.25) is 0 Å². The van der Waals surface area contributed by atoms with Crippen molar-refractivity contribution in [3.63, 3.8) is 0 Å². The molecule has 0 radical (unpaired) electrons. The van der Waals surface area contributed by atoms with Gasteiger partial charge in [-0.05, 0) is 38.6 Å². The van der Waals surface area contributed by atoms with Crippen LogP contribution in [0.3, 0.4) is 0 Å². The molecule has 0 bridgehead atoms. The Hall–Kier alpha value is -1.64. The molecule has 0 saturated carbocycles. The molecule has 2 aromatic rings. The lowest BCUT2D eigenvalue weighted by atomic mass is 9.79. The first kappa shape index (κ1) is 19.7. The van der Waals surface area contributed by atoms with Crippen molar-refractivity contribution in [2.75, 3.05) is 13.9 Å². The SMILES string of the molecule is COCOCc1ccc(-c2cc(C(C)(C)C)cc(C(C)(C)C)c2)cc1. The first-order valence-electron chi connectivity index (χ1n) is 8.93. The molecule has 0 N–H and O–H groups in total. The summed E-state index contributed by atoms with van der Waals surface area (Å²) in [6.45, 7) is 14.5. The highest BCUT2D eigenvalue weighted by Crippen LogP contribution is 2.34. The molecule has 0 atom stereocenters. The second-order valence-electron chi connectivity index (χ2n) is 8.75. The third kappa shape index (κ3) is 5.42. The standard InChI is InChI=1S/C23H32O2/c1-22(2,3)20-12-19(13-21(14-20)23(4,5)6)18-10-8-17(9-11-18)15-25-16-24-7/h8-14H,15-16H2,1-7H3. The summed E-state index contributed by atoms with van der Waals surface area (Å²) < 4.78 is 10.3. The van der Waals surface area contributed by atoms with Crippen molar-refractivity contribution in [3.8, 4) is 11.1 Å². The first-order chi connectivity index (χ1) is 11.6. The molecule has 0 aromatic heterocycles. The molecule has 136 valence electrons. The molecule has 2 nitrogen and oxygen atoms in total. The Labute approximate surface area is 153 Å². The quantitative estimate of drug-likeness (QED) is 0.486. The van der Waals surface area contributed by atoms with Crippen LogP contribution in [0, 0.1) is 0 Å². The van der Waals surface area contributed by atoms with E-state index in [9.17, 15) is 0 Å². The fourth-order valence-electron chi connectivity index (χ4n) is 2.70. The molecule has 2 heteroatoms. The Bertz CT molecular complexity index is 653. The van der Waals surface area contributed by atoms with Crippen molar-refractivity contribution in [1.82, 2.24) is 0 Å². The van der Waals surface area contributed by atoms with E-state index in [0.29, 0.717) is 13.4 Å². The Balaban J connectivity index is 2.37. The minimum atomic E-state index is 0.129. The number of hydrogen-bond donors (Lipinski definition) is 0. The van der Waals surface area contributed by atoms with Crippen molar-refractivity contribution < 1.29 is 9.47 Å². The minimum Gasteiger partial charge on any atom is -0.359 e. The Morgan fingerprint density at radius 3 is 1.68 bits per heavy atom. The third-order valence-electron chi connectivity index (χ3n) is 4.42. The molecule has 2 rings (SSSR count). The maximum absolute atomic E-state index is 5.42. The molecule has 0 saturated heterocycles. The van der Waals surface area contributed by atoms with Gasteiger partial charge in [0.1, 0.15) is 6.79 Å². The molecule has 2 aromatic carbocycles. The molecule has 0 aliphatic rings. The number of rotatable bonds is 5. The predicted molar refractivity (Wildman–Crippen MR) is 106 cm³/mol. The van der Waals surface area contributed by atoms with Gasteiger partial charge in [-0.25, -0.2) is 0 Å². The van der Waals surface area contributed by atoms with Gasteiger partial charge < -0.3 is 9.47 Å². The van der Waals surface area contributed by atoms with Crippen LogP contribution >= 0.6 is 0 Å². The fourth-order valence-corrected chi connectivity index (χ4v) is 2.70. The van der Waals surface area contributed by atoms with Gasteiger partial charge >= 0.3 is 0 Å². The summed E-state index contributed by atoms with van der Waals surface area (Å²) in [4.78, 5) is 0. The molecule has 25 heavy (non-hydrogen) atoms. The topological polar surface area (TPSA) is 18.5 Å². The van der Waals surface area contributed by atoms with Crippen LogP contribution in [0.4, 0.5) is 0 Å². The highest BCUT2D eigenvalue weighted by Gasteiger charge is 2.20. The van der Waals surface area contributed by atoms with Gasteiger partial charge in [0.05, 0.1) is 6.61 Å². The van der Waals surface area contributed by atoms with Gasteiger partial charge in [0.15, 0.2) is 0 Å². The molecule has 0 aliphatic carbocycles. The van der Waals surface area contributed by atoms with E-state index >= 15 is 0 Å². The van der Waals surface area contributed by atoms with Gasteiger partial charge in [-0.2, -0.15) is 0 Å². The normalized spacial score (nSPS) is 12.4. The lowest BCUT2D eigenvalue weighted by Gasteiger charge is -2.26. The van der Waals surface area contributed by atoms with Gasteiger partial charge in [-0.15, -0.1) is 0 Å². The molecule has 0 heterocycles. The summed E-state index contributed by atoms with van der Waals surface area (Å²) in [6.07, 6.45) is 0. The second kappa shape index (κ2) is 7.72. The average Bonchev–Trinajstić information content (AvgIpc) is 2.54. The van der Waals surface area contributed by atoms with Crippen LogP contribution in [-0.2, 0) is 26.9 Å². The van der Waals surface area contributed by atoms with Crippen LogP contribution in [-0.4, -0.2) is 13.9 Å². The smallest absolute Gasteiger partial charge is 0.146 e. The third-order valence-corrected chi connectivity index (χ3v) is 4.42. The molecular formula is C23H32O2. The van der Waals surface area contributed by atoms with Crippen LogP contribution < -0.4 is 0 Å². The Morgan fingerprint density at radius 1 is 0.720 bits per heavy atom. The summed E-state index contributed by atoms with van der Waals surface area (Å²) >= 11 is 0. The van der Waals surface area contributed by atoms with Crippen molar-refractivity contribution >= 4 is 0 Å². The van der Waals surface area contributed by atoms with E-state index in [2.05, 4.69) is 84.0 Å². The largest absolute Gasteiger partial charge is 0.359 e. The molecular weight excluding hydrogens is 308 g/mol. The molecule has 0 fully saturated rings. The van der Waals surface area contributed by atoms with E-state index in [1.54, 1.807) is 7.11 Å². The zero-order chi connectivity index (χ0) is 18.7. The van der Waals surface area contributed by atoms with Crippen LogP contribution in [0.25, 0.3) is 11.1 Å². The zero-order valence-corrected chi connectivity index (χ0v) is 16.8. The van der Waals surface area contributed by atoms with E-state index in [1.807, 2.05) is 0 Å².